The van der Waals surface area contributed by atoms with E-state index in [1.165, 1.54) is 0 Å². The van der Waals surface area contributed by atoms with Gasteiger partial charge in [0.25, 0.3) is 0 Å². The molecule has 2 aromatic rings. The maximum atomic E-state index is 5.17. The van der Waals surface area contributed by atoms with Gasteiger partial charge in [0.2, 0.25) is 0 Å². The molecular weight excluding hydrogens is 303 g/mol. The predicted octanol–water partition coefficient (Wildman–Crippen LogP) is 2.81. The number of halogens is 1. The van der Waals surface area contributed by atoms with Crippen LogP contribution in [0.5, 0.6) is 5.75 Å². The Morgan fingerprint density at radius 2 is 2.13 bits per heavy atom. The maximum Gasteiger partial charge on any atom is 0.129 e. The minimum Gasteiger partial charge on any atom is -0.497 e. The average molecular weight is 314 g/mol. The van der Waals surface area contributed by atoms with Gasteiger partial charge in [-0.25, -0.2) is 9.97 Å². The molecule has 0 atom stereocenters. The molecule has 3 nitrogen and oxygen atoms in total. The van der Waals surface area contributed by atoms with Gasteiger partial charge in [-0.3, -0.25) is 0 Å². The van der Waals surface area contributed by atoms with Crippen molar-refractivity contribution in [2.24, 2.45) is 0 Å². The summed E-state index contributed by atoms with van der Waals surface area (Å²) in [5.74, 6) is 1.71. The van der Waals surface area contributed by atoms with Crippen LogP contribution in [0.4, 0.5) is 0 Å². The van der Waals surface area contributed by atoms with Crippen molar-refractivity contribution in [2.45, 2.75) is 13.3 Å². The smallest absolute Gasteiger partial charge is 0.129 e. The quantitative estimate of drug-likeness (QED) is 0.631. The van der Waals surface area contributed by atoms with E-state index in [1.54, 1.807) is 7.11 Å². The van der Waals surface area contributed by atoms with Gasteiger partial charge in [0, 0.05) is 17.9 Å². The first kappa shape index (κ1) is 10.6. The van der Waals surface area contributed by atoms with Gasteiger partial charge in [-0.2, -0.15) is 0 Å². The molecule has 0 saturated heterocycles. The lowest BCUT2D eigenvalue weighted by Crippen LogP contribution is -1.97. The predicted molar refractivity (Wildman–Crippen MR) is 68.2 cm³/mol. The SMILES string of the molecule is CCc1nc(I)c2ccc(OC)cc2n1. The summed E-state index contributed by atoms with van der Waals surface area (Å²) in [6, 6.07) is 5.87. The van der Waals surface area contributed by atoms with Crippen LogP contribution in [0.2, 0.25) is 0 Å². The third kappa shape index (κ3) is 2.04. The number of ether oxygens (including phenoxy) is 1. The molecule has 15 heavy (non-hydrogen) atoms. The highest BCUT2D eigenvalue weighted by molar-refractivity contribution is 14.1. The van der Waals surface area contributed by atoms with Crippen molar-refractivity contribution in [1.29, 1.82) is 0 Å². The van der Waals surface area contributed by atoms with E-state index in [2.05, 4.69) is 39.5 Å². The second-order valence-corrected chi connectivity index (χ2v) is 4.19. The zero-order chi connectivity index (χ0) is 10.8. The first-order valence-electron chi connectivity index (χ1n) is 4.74. The van der Waals surface area contributed by atoms with E-state index < -0.39 is 0 Å². The molecule has 0 aliphatic carbocycles. The molecule has 0 saturated carbocycles. The lowest BCUT2D eigenvalue weighted by atomic mass is 10.2. The van der Waals surface area contributed by atoms with E-state index in [4.69, 9.17) is 4.74 Å². The molecule has 0 aliphatic rings. The summed E-state index contributed by atoms with van der Waals surface area (Å²) in [7, 11) is 1.66. The lowest BCUT2D eigenvalue weighted by Gasteiger charge is -2.05. The van der Waals surface area contributed by atoms with Crippen LogP contribution in [-0.4, -0.2) is 17.1 Å². The molecule has 0 unspecified atom stereocenters. The molecule has 2 rings (SSSR count). The molecule has 0 amide bonds. The highest BCUT2D eigenvalue weighted by atomic mass is 127. The van der Waals surface area contributed by atoms with Gasteiger partial charge >= 0.3 is 0 Å². The standard InChI is InChI=1S/C11H11IN2O/c1-3-10-13-9-6-7(15-2)4-5-8(9)11(12)14-10/h4-6H,3H2,1-2H3. The number of rotatable bonds is 2. The average Bonchev–Trinajstić information content (AvgIpc) is 2.28. The van der Waals surface area contributed by atoms with Crippen molar-refractivity contribution in [3.05, 3.63) is 27.7 Å². The van der Waals surface area contributed by atoms with Crippen molar-refractivity contribution in [1.82, 2.24) is 9.97 Å². The Balaban J connectivity index is 2.69. The highest BCUT2D eigenvalue weighted by Gasteiger charge is 2.05. The first-order valence-corrected chi connectivity index (χ1v) is 5.82. The Morgan fingerprint density at radius 1 is 1.33 bits per heavy atom. The van der Waals surface area contributed by atoms with Crippen LogP contribution < -0.4 is 4.74 Å². The Hall–Kier alpha value is -0.910. The molecular formula is C11H11IN2O. The van der Waals surface area contributed by atoms with Crippen molar-refractivity contribution >= 4 is 33.5 Å². The molecule has 0 radical (unpaired) electrons. The summed E-state index contributed by atoms with van der Waals surface area (Å²) < 4.78 is 6.17. The number of methoxy groups -OCH3 is 1. The van der Waals surface area contributed by atoms with Crippen molar-refractivity contribution in [2.75, 3.05) is 7.11 Å². The van der Waals surface area contributed by atoms with Crippen molar-refractivity contribution in [3.63, 3.8) is 0 Å². The Bertz CT molecular complexity index is 494. The van der Waals surface area contributed by atoms with Crippen LogP contribution >= 0.6 is 22.6 Å². The van der Waals surface area contributed by atoms with Crippen LogP contribution in [0.1, 0.15) is 12.7 Å². The van der Waals surface area contributed by atoms with Gasteiger partial charge in [0.1, 0.15) is 15.3 Å². The molecule has 0 bridgehead atoms. The molecule has 78 valence electrons. The van der Waals surface area contributed by atoms with Crippen LogP contribution in [0.3, 0.4) is 0 Å². The minimum atomic E-state index is 0.832. The Morgan fingerprint density at radius 3 is 2.80 bits per heavy atom. The molecule has 0 fully saturated rings. The highest BCUT2D eigenvalue weighted by Crippen LogP contribution is 2.22. The second-order valence-electron chi connectivity index (χ2n) is 3.17. The molecule has 1 aromatic heterocycles. The topological polar surface area (TPSA) is 35.0 Å². The summed E-state index contributed by atoms with van der Waals surface area (Å²) in [6.07, 6.45) is 0.850. The minimum absolute atomic E-state index is 0.832. The van der Waals surface area contributed by atoms with Crippen molar-refractivity contribution < 1.29 is 4.74 Å². The fourth-order valence-electron chi connectivity index (χ4n) is 1.40. The first-order chi connectivity index (χ1) is 7.24. The molecule has 4 heteroatoms. The Labute approximate surface area is 102 Å². The van der Waals surface area contributed by atoms with E-state index in [9.17, 15) is 0 Å². The van der Waals surface area contributed by atoms with E-state index in [-0.39, 0.29) is 0 Å². The molecule has 1 heterocycles. The van der Waals surface area contributed by atoms with E-state index in [0.29, 0.717) is 0 Å². The van der Waals surface area contributed by atoms with Gasteiger partial charge in [-0.05, 0) is 34.7 Å². The fourth-order valence-corrected chi connectivity index (χ4v) is 2.14. The zero-order valence-corrected chi connectivity index (χ0v) is 10.8. The number of nitrogens with zero attached hydrogens (tertiary/aromatic N) is 2. The van der Waals surface area contributed by atoms with Crippen LogP contribution in [0.25, 0.3) is 10.9 Å². The third-order valence-electron chi connectivity index (χ3n) is 2.22. The maximum absolute atomic E-state index is 5.17. The number of aromatic nitrogens is 2. The number of fused-ring (bicyclic) bond motifs is 1. The summed E-state index contributed by atoms with van der Waals surface area (Å²) in [5.41, 5.74) is 0.950. The van der Waals surface area contributed by atoms with Gasteiger partial charge in [0.05, 0.1) is 12.6 Å². The van der Waals surface area contributed by atoms with Crippen molar-refractivity contribution in [3.8, 4) is 5.75 Å². The second kappa shape index (κ2) is 4.30. The largest absolute Gasteiger partial charge is 0.497 e. The molecule has 0 spiro atoms. The van der Waals surface area contributed by atoms with E-state index in [0.717, 1.165) is 32.6 Å². The normalized spacial score (nSPS) is 10.6. The van der Waals surface area contributed by atoms with Gasteiger partial charge in [-0.1, -0.05) is 6.92 Å². The van der Waals surface area contributed by atoms with Crippen LogP contribution in [0.15, 0.2) is 18.2 Å². The lowest BCUT2D eigenvalue weighted by molar-refractivity contribution is 0.415. The molecule has 0 aliphatic heterocycles. The summed E-state index contributed by atoms with van der Waals surface area (Å²) in [6.45, 7) is 2.05. The van der Waals surface area contributed by atoms with Gasteiger partial charge in [-0.15, -0.1) is 0 Å². The number of aryl methyl sites for hydroxylation is 1. The zero-order valence-electron chi connectivity index (χ0n) is 8.62. The fraction of sp³-hybridized carbons (Fsp3) is 0.273. The van der Waals surface area contributed by atoms with E-state index in [1.807, 2.05) is 18.2 Å². The number of benzene rings is 1. The van der Waals surface area contributed by atoms with E-state index >= 15 is 0 Å². The summed E-state index contributed by atoms with van der Waals surface area (Å²) in [4.78, 5) is 8.88. The van der Waals surface area contributed by atoms with Crippen LogP contribution in [0, 0.1) is 3.70 Å². The van der Waals surface area contributed by atoms with Gasteiger partial charge in [0.15, 0.2) is 0 Å². The summed E-state index contributed by atoms with van der Waals surface area (Å²) >= 11 is 2.24. The van der Waals surface area contributed by atoms with Crippen LogP contribution in [-0.2, 0) is 6.42 Å². The molecule has 1 aromatic carbocycles. The molecule has 0 N–H and O–H groups in total. The Kier molecular flexibility index (Phi) is 3.04. The number of hydrogen-bond acceptors (Lipinski definition) is 3. The monoisotopic (exact) mass is 314 g/mol. The summed E-state index contributed by atoms with van der Waals surface area (Å²) in [5, 5.41) is 1.08. The van der Waals surface area contributed by atoms with Gasteiger partial charge < -0.3 is 4.74 Å². The third-order valence-corrected chi connectivity index (χ3v) is 3.04. The number of hydrogen-bond donors (Lipinski definition) is 0.